The maximum Gasteiger partial charge on any atom is 0.176 e. The molecule has 0 N–H and O–H groups in total. The van der Waals surface area contributed by atoms with Gasteiger partial charge in [0.15, 0.2) is 5.11 Å². The van der Waals surface area contributed by atoms with E-state index in [9.17, 15) is 0 Å². The Hall–Kier alpha value is -0.800. The maximum absolute atomic E-state index is 5.72. The number of nitrogens with zero attached hydrogens (tertiary/aromatic N) is 2. The third kappa shape index (κ3) is 2.24. The van der Waals surface area contributed by atoms with E-state index in [0.717, 1.165) is 24.7 Å². The van der Waals surface area contributed by atoms with Crippen molar-refractivity contribution in [2.45, 2.75) is 0 Å². The van der Waals surface area contributed by atoms with Gasteiger partial charge in [0, 0.05) is 31.2 Å². The van der Waals surface area contributed by atoms with Crippen molar-refractivity contribution in [3.8, 4) is 0 Å². The molecule has 0 atom stereocenters. The number of hydrogen-bond acceptors (Lipinski definition) is 1. The van der Waals surface area contributed by atoms with E-state index in [-0.39, 0.29) is 0 Å². The summed E-state index contributed by atoms with van der Waals surface area (Å²) in [5.74, 6) is 0.628. The van der Waals surface area contributed by atoms with Crippen molar-refractivity contribution in [2.75, 3.05) is 30.4 Å². The number of rotatable bonds is 3. The molecule has 1 heterocycles. The summed E-state index contributed by atoms with van der Waals surface area (Å²) in [7, 11) is 0. The lowest BCUT2D eigenvalue weighted by Crippen LogP contribution is -2.32. The average Bonchev–Trinajstić information content (AvgIpc) is 2.63. The molecule has 0 aliphatic carbocycles. The van der Waals surface area contributed by atoms with Crippen molar-refractivity contribution >= 4 is 34.6 Å². The Balaban J connectivity index is 2.11. The lowest BCUT2D eigenvalue weighted by molar-refractivity contribution is 0.498. The summed E-state index contributed by atoms with van der Waals surface area (Å²) in [6, 6.07) is 10.2. The number of anilines is 1. The molecule has 0 spiro atoms. The molecule has 0 bridgehead atoms. The minimum Gasteiger partial charge on any atom is -0.346 e. The fourth-order valence-electron chi connectivity index (χ4n) is 1.74. The largest absolute Gasteiger partial charge is 0.346 e. The van der Waals surface area contributed by atoms with Gasteiger partial charge in [0.1, 0.15) is 0 Å². The van der Waals surface area contributed by atoms with E-state index in [2.05, 4.69) is 21.9 Å². The molecule has 2 rings (SSSR count). The molecular formula is C11H13ClN2S. The molecule has 1 aromatic carbocycles. The first kappa shape index (κ1) is 10.7. The third-order valence-corrected chi connectivity index (χ3v) is 3.16. The summed E-state index contributed by atoms with van der Waals surface area (Å²) < 4.78 is 0. The van der Waals surface area contributed by atoms with E-state index < -0.39 is 0 Å². The van der Waals surface area contributed by atoms with Gasteiger partial charge in [0.25, 0.3) is 0 Å². The van der Waals surface area contributed by atoms with Crippen LogP contribution < -0.4 is 4.90 Å². The third-order valence-electron chi connectivity index (χ3n) is 2.52. The van der Waals surface area contributed by atoms with Crippen LogP contribution in [-0.4, -0.2) is 35.5 Å². The van der Waals surface area contributed by atoms with Gasteiger partial charge in [-0.2, -0.15) is 0 Å². The first-order valence-electron chi connectivity index (χ1n) is 5.00. The SMILES string of the molecule is S=C1N(CCCl)CCN1c1ccccc1. The van der Waals surface area contributed by atoms with Gasteiger partial charge in [-0.15, -0.1) is 11.6 Å². The number of para-hydroxylation sites is 1. The highest BCUT2D eigenvalue weighted by atomic mass is 35.5. The predicted molar refractivity (Wildman–Crippen MR) is 68.7 cm³/mol. The molecule has 15 heavy (non-hydrogen) atoms. The normalized spacial score (nSPS) is 16.2. The first-order valence-corrected chi connectivity index (χ1v) is 5.94. The highest BCUT2D eigenvalue weighted by Gasteiger charge is 2.24. The standard InChI is InChI=1S/C11H13ClN2S/c12-6-7-13-8-9-14(11(13)15)10-4-2-1-3-5-10/h1-5H,6-9H2. The molecule has 1 aromatic rings. The molecular weight excluding hydrogens is 228 g/mol. The molecule has 0 amide bonds. The molecule has 80 valence electrons. The second kappa shape index (κ2) is 4.81. The van der Waals surface area contributed by atoms with Crippen LogP contribution in [0.3, 0.4) is 0 Å². The topological polar surface area (TPSA) is 6.48 Å². The molecule has 1 fully saturated rings. The van der Waals surface area contributed by atoms with E-state index in [1.165, 1.54) is 5.69 Å². The zero-order chi connectivity index (χ0) is 10.7. The van der Waals surface area contributed by atoms with Crippen LogP contribution in [-0.2, 0) is 0 Å². The van der Waals surface area contributed by atoms with Gasteiger partial charge >= 0.3 is 0 Å². The summed E-state index contributed by atoms with van der Waals surface area (Å²) >= 11 is 11.1. The number of hydrogen-bond donors (Lipinski definition) is 0. The summed E-state index contributed by atoms with van der Waals surface area (Å²) in [6.07, 6.45) is 0. The fourth-order valence-corrected chi connectivity index (χ4v) is 2.32. The summed E-state index contributed by atoms with van der Waals surface area (Å²) in [6.45, 7) is 2.77. The van der Waals surface area contributed by atoms with E-state index >= 15 is 0 Å². The highest BCUT2D eigenvalue weighted by Crippen LogP contribution is 2.19. The van der Waals surface area contributed by atoms with Crippen LogP contribution in [0.4, 0.5) is 5.69 Å². The lowest BCUT2D eigenvalue weighted by atomic mass is 10.3. The van der Waals surface area contributed by atoms with Crippen LogP contribution >= 0.6 is 23.8 Å². The second-order valence-corrected chi connectivity index (χ2v) is 4.19. The molecule has 2 nitrogen and oxygen atoms in total. The number of halogens is 1. The minimum absolute atomic E-state index is 0.628. The molecule has 0 unspecified atom stereocenters. The molecule has 1 saturated heterocycles. The van der Waals surface area contributed by atoms with Crippen LogP contribution in [0.15, 0.2) is 30.3 Å². The Kier molecular flexibility index (Phi) is 3.44. The maximum atomic E-state index is 5.72. The number of benzene rings is 1. The van der Waals surface area contributed by atoms with Crippen molar-refractivity contribution in [1.82, 2.24) is 4.90 Å². The Bertz CT molecular complexity index is 342. The van der Waals surface area contributed by atoms with Gasteiger partial charge < -0.3 is 9.80 Å². The average molecular weight is 241 g/mol. The van der Waals surface area contributed by atoms with Crippen LogP contribution in [0.1, 0.15) is 0 Å². The number of thiocarbonyl (C=S) groups is 1. The fraction of sp³-hybridized carbons (Fsp3) is 0.364. The van der Waals surface area contributed by atoms with Crippen molar-refractivity contribution < 1.29 is 0 Å². The van der Waals surface area contributed by atoms with Crippen molar-refractivity contribution in [1.29, 1.82) is 0 Å². The van der Waals surface area contributed by atoms with Crippen LogP contribution in [0, 0.1) is 0 Å². The minimum atomic E-state index is 0.628. The van der Waals surface area contributed by atoms with Gasteiger partial charge in [-0.25, -0.2) is 0 Å². The predicted octanol–water partition coefficient (Wildman–Crippen LogP) is 2.33. The first-order chi connectivity index (χ1) is 7.33. The van der Waals surface area contributed by atoms with Crippen molar-refractivity contribution in [2.24, 2.45) is 0 Å². The van der Waals surface area contributed by atoms with Crippen molar-refractivity contribution in [3.05, 3.63) is 30.3 Å². The van der Waals surface area contributed by atoms with Gasteiger partial charge in [0.05, 0.1) is 0 Å². The summed E-state index contributed by atoms with van der Waals surface area (Å²) in [5.41, 5.74) is 1.17. The van der Waals surface area contributed by atoms with Gasteiger partial charge in [0.2, 0.25) is 0 Å². The lowest BCUT2D eigenvalue weighted by Gasteiger charge is -2.21. The Morgan fingerprint density at radius 3 is 2.60 bits per heavy atom. The van der Waals surface area contributed by atoms with Gasteiger partial charge in [-0.3, -0.25) is 0 Å². The highest BCUT2D eigenvalue weighted by molar-refractivity contribution is 7.80. The smallest absolute Gasteiger partial charge is 0.176 e. The quantitative estimate of drug-likeness (QED) is 0.592. The Labute approximate surface area is 100 Å². The number of alkyl halides is 1. The van der Waals surface area contributed by atoms with Crippen LogP contribution in [0.5, 0.6) is 0 Å². The molecule has 0 saturated carbocycles. The summed E-state index contributed by atoms with van der Waals surface area (Å²) in [5, 5.41) is 0.891. The zero-order valence-corrected chi connectivity index (χ0v) is 9.97. The van der Waals surface area contributed by atoms with E-state index in [1.807, 2.05) is 18.2 Å². The molecule has 1 aliphatic rings. The zero-order valence-electron chi connectivity index (χ0n) is 8.40. The van der Waals surface area contributed by atoms with Crippen LogP contribution in [0.2, 0.25) is 0 Å². The van der Waals surface area contributed by atoms with Gasteiger partial charge in [-0.05, 0) is 24.4 Å². The monoisotopic (exact) mass is 240 g/mol. The molecule has 0 radical (unpaired) electrons. The van der Waals surface area contributed by atoms with E-state index in [0.29, 0.717) is 5.88 Å². The Morgan fingerprint density at radius 2 is 1.93 bits per heavy atom. The van der Waals surface area contributed by atoms with E-state index in [1.54, 1.807) is 0 Å². The van der Waals surface area contributed by atoms with Crippen LogP contribution in [0.25, 0.3) is 0 Å². The summed E-state index contributed by atoms with van der Waals surface area (Å²) in [4.78, 5) is 4.30. The van der Waals surface area contributed by atoms with Crippen molar-refractivity contribution in [3.63, 3.8) is 0 Å². The molecule has 0 aromatic heterocycles. The molecule has 4 heteroatoms. The Morgan fingerprint density at radius 1 is 1.20 bits per heavy atom. The van der Waals surface area contributed by atoms with Gasteiger partial charge in [-0.1, -0.05) is 18.2 Å². The molecule has 1 aliphatic heterocycles. The van der Waals surface area contributed by atoms with E-state index in [4.69, 9.17) is 23.8 Å². The second-order valence-electron chi connectivity index (χ2n) is 3.45.